The van der Waals surface area contributed by atoms with E-state index < -0.39 is 0 Å². The Labute approximate surface area is 289 Å². The van der Waals surface area contributed by atoms with Crippen molar-refractivity contribution in [3.63, 3.8) is 0 Å². The molecule has 4 nitrogen and oxygen atoms in total. The molecule has 258 valence electrons. The van der Waals surface area contributed by atoms with Gasteiger partial charge < -0.3 is 18.9 Å². The molecule has 0 heterocycles. The summed E-state index contributed by atoms with van der Waals surface area (Å²) in [5, 5.41) is 0. The maximum absolute atomic E-state index is 6.48. The Bertz CT molecular complexity index is 676. The third-order valence-electron chi connectivity index (χ3n) is 8.19. The molecule has 0 aliphatic rings. The third-order valence-corrected chi connectivity index (χ3v) is 9.63. The van der Waals surface area contributed by atoms with E-state index in [9.17, 15) is 0 Å². The van der Waals surface area contributed by atoms with E-state index in [2.05, 4.69) is 59.6 Å². The first-order chi connectivity index (χ1) is 21.6. The number of hydrogen-bond donors (Lipinski definition) is 0. The van der Waals surface area contributed by atoms with Crippen molar-refractivity contribution in [2.45, 2.75) is 182 Å². The van der Waals surface area contributed by atoms with Gasteiger partial charge in [0.25, 0.3) is 0 Å². The van der Waals surface area contributed by atoms with Crippen LogP contribution in [0.15, 0.2) is 8.95 Å². The van der Waals surface area contributed by atoms with Crippen molar-refractivity contribution >= 4 is 31.9 Å². The monoisotopic (exact) mass is 746 g/mol. The minimum Gasteiger partial charge on any atom is -0.488 e. The third kappa shape index (κ3) is 19.1. The lowest BCUT2D eigenvalue weighted by Gasteiger charge is -2.22. The number of halogens is 2. The van der Waals surface area contributed by atoms with Crippen molar-refractivity contribution in [3.8, 4) is 23.0 Å². The fraction of sp³-hybridized carbons (Fsp3) is 0.842. The van der Waals surface area contributed by atoms with Crippen molar-refractivity contribution in [1.82, 2.24) is 0 Å². The Morgan fingerprint density at radius 3 is 0.682 bits per heavy atom. The van der Waals surface area contributed by atoms with Gasteiger partial charge in [-0.1, -0.05) is 156 Å². The summed E-state index contributed by atoms with van der Waals surface area (Å²) in [6, 6.07) is 0. The number of hydrogen-bond acceptors (Lipinski definition) is 4. The van der Waals surface area contributed by atoms with Crippen LogP contribution in [-0.4, -0.2) is 26.4 Å². The molecule has 6 heteroatoms. The Morgan fingerprint density at radius 2 is 0.477 bits per heavy atom. The predicted octanol–water partition coefficient (Wildman–Crippen LogP) is 14.2. The molecule has 0 aliphatic heterocycles. The van der Waals surface area contributed by atoms with Gasteiger partial charge in [0.1, 0.15) is 8.95 Å². The van der Waals surface area contributed by atoms with Crippen LogP contribution in [-0.2, 0) is 0 Å². The molecule has 0 N–H and O–H groups in total. The average Bonchev–Trinajstić information content (AvgIpc) is 3.02. The van der Waals surface area contributed by atoms with Gasteiger partial charge in [-0.2, -0.15) is 0 Å². The minimum atomic E-state index is 0.666. The highest BCUT2D eigenvalue weighted by molar-refractivity contribution is 9.11. The molecular formula is C38H68Br2O4. The van der Waals surface area contributed by atoms with Gasteiger partial charge in [-0.15, -0.1) is 0 Å². The minimum absolute atomic E-state index is 0.666. The Morgan fingerprint density at radius 1 is 0.295 bits per heavy atom. The van der Waals surface area contributed by atoms with E-state index in [0.29, 0.717) is 26.4 Å². The van der Waals surface area contributed by atoms with Gasteiger partial charge in [0.05, 0.1) is 26.4 Å². The van der Waals surface area contributed by atoms with Crippen LogP contribution in [0.1, 0.15) is 182 Å². The van der Waals surface area contributed by atoms with E-state index in [-0.39, 0.29) is 0 Å². The molecule has 0 bridgehead atoms. The van der Waals surface area contributed by atoms with Crippen LogP contribution >= 0.6 is 31.9 Å². The highest BCUT2D eigenvalue weighted by atomic mass is 79.9. The summed E-state index contributed by atoms with van der Waals surface area (Å²) in [5.74, 6) is 2.95. The summed E-state index contributed by atoms with van der Waals surface area (Å²) in [7, 11) is 0. The molecule has 1 aromatic rings. The normalized spacial score (nSPS) is 11.2. The van der Waals surface area contributed by atoms with Gasteiger partial charge >= 0.3 is 0 Å². The van der Waals surface area contributed by atoms with E-state index >= 15 is 0 Å². The number of benzene rings is 1. The summed E-state index contributed by atoms with van der Waals surface area (Å²) in [6.07, 6.45) is 29.5. The second-order valence-electron chi connectivity index (χ2n) is 12.4. The van der Waals surface area contributed by atoms with Crippen LogP contribution in [0.4, 0.5) is 0 Å². The predicted molar refractivity (Wildman–Crippen MR) is 197 cm³/mol. The van der Waals surface area contributed by atoms with Crippen molar-refractivity contribution in [3.05, 3.63) is 8.95 Å². The molecule has 1 rings (SSSR count). The molecule has 0 fully saturated rings. The van der Waals surface area contributed by atoms with E-state index in [1.807, 2.05) is 0 Å². The molecule has 0 saturated heterocycles. The summed E-state index contributed by atoms with van der Waals surface area (Å²) in [6.45, 7) is 11.7. The summed E-state index contributed by atoms with van der Waals surface area (Å²) < 4.78 is 27.5. The first-order valence-corrected chi connectivity index (χ1v) is 20.3. The number of rotatable bonds is 32. The molecule has 0 aromatic heterocycles. The lowest BCUT2D eigenvalue weighted by molar-refractivity contribution is 0.234. The summed E-state index contributed by atoms with van der Waals surface area (Å²) >= 11 is 7.79. The second-order valence-corrected chi connectivity index (χ2v) is 14.0. The SMILES string of the molecule is CCCCCCCCOc1c(Br)c(OCCCCCCCC)c(OCCCCCCCC)c(Br)c1OCCCCCCCC. The number of ether oxygens (including phenoxy) is 4. The van der Waals surface area contributed by atoms with Crippen LogP contribution in [0.3, 0.4) is 0 Å². The van der Waals surface area contributed by atoms with E-state index in [0.717, 1.165) is 57.6 Å². The van der Waals surface area contributed by atoms with Gasteiger partial charge in [0.2, 0.25) is 0 Å². The van der Waals surface area contributed by atoms with Gasteiger partial charge in [-0.3, -0.25) is 0 Å². The maximum Gasteiger partial charge on any atom is 0.180 e. The van der Waals surface area contributed by atoms with Gasteiger partial charge in [0.15, 0.2) is 23.0 Å². The zero-order valence-corrected chi connectivity index (χ0v) is 32.4. The highest BCUT2D eigenvalue weighted by Crippen LogP contribution is 2.54. The van der Waals surface area contributed by atoms with Gasteiger partial charge in [0, 0.05) is 0 Å². The molecule has 0 spiro atoms. The Kier molecular flexibility index (Phi) is 28.0. The van der Waals surface area contributed by atoms with Gasteiger partial charge in [-0.25, -0.2) is 0 Å². The fourth-order valence-corrected chi connectivity index (χ4v) is 6.53. The zero-order chi connectivity index (χ0) is 32.1. The van der Waals surface area contributed by atoms with Crippen molar-refractivity contribution < 1.29 is 18.9 Å². The van der Waals surface area contributed by atoms with E-state index in [1.54, 1.807) is 0 Å². The lowest BCUT2D eigenvalue weighted by atomic mass is 10.1. The topological polar surface area (TPSA) is 36.9 Å². The fourth-order valence-electron chi connectivity index (χ4n) is 5.35. The van der Waals surface area contributed by atoms with Crippen LogP contribution in [0.25, 0.3) is 0 Å². The maximum atomic E-state index is 6.48. The molecule has 1 aromatic carbocycles. The molecule has 0 atom stereocenters. The second kappa shape index (κ2) is 29.8. The lowest BCUT2D eigenvalue weighted by Crippen LogP contribution is -2.09. The Hall–Kier alpha value is -0.620. The largest absolute Gasteiger partial charge is 0.488 e. The molecule has 0 saturated carbocycles. The molecule has 0 amide bonds. The van der Waals surface area contributed by atoms with Crippen LogP contribution in [0.2, 0.25) is 0 Å². The summed E-state index contributed by atoms with van der Waals surface area (Å²) in [4.78, 5) is 0. The quantitative estimate of drug-likeness (QED) is 0.0688. The molecule has 0 aliphatic carbocycles. The van der Waals surface area contributed by atoms with E-state index in [4.69, 9.17) is 18.9 Å². The molecule has 0 radical (unpaired) electrons. The zero-order valence-electron chi connectivity index (χ0n) is 29.2. The highest BCUT2D eigenvalue weighted by Gasteiger charge is 2.27. The average molecular weight is 749 g/mol. The summed E-state index contributed by atoms with van der Waals surface area (Å²) in [5.41, 5.74) is 0. The first kappa shape index (κ1) is 41.4. The number of unbranched alkanes of at least 4 members (excludes halogenated alkanes) is 20. The van der Waals surface area contributed by atoms with Crippen LogP contribution < -0.4 is 18.9 Å². The van der Waals surface area contributed by atoms with Crippen LogP contribution in [0, 0.1) is 0 Å². The standard InChI is InChI=1S/C38H68Br2O4/c1-5-9-13-17-21-25-29-41-35-33(39)37(43-31-27-23-19-15-11-7-3)38(44-32-28-24-20-16-12-8-4)34(40)36(35)42-30-26-22-18-14-10-6-2/h5-32H2,1-4H3. The van der Waals surface area contributed by atoms with E-state index in [1.165, 1.54) is 128 Å². The smallest absolute Gasteiger partial charge is 0.180 e. The van der Waals surface area contributed by atoms with Crippen molar-refractivity contribution in [2.24, 2.45) is 0 Å². The van der Waals surface area contributed by atoms with Gasteiger partial charge in [-0.05, 0) is 57.5 Å². The van der Waals surface area contributed by atoms with Crippen LogP contribution in [0.5, 0.6) is 23.0 Å². The first-order valence-electron chi connectivity index (χ1n) is 18.7. The van der Waals surface area contributed by atoms with Crippen molar-refractivity contribution in [2.75, 3.05) is 26.4 Å². The Balaban J connectivity index is 3.06. The molecular weight excluding hydrogens is 680 g/mol. The molecule has 44 heavy (non-hydrogen) atoms. The van der Waals surface area contributed by atoms with Crippen molar-refractivity contribution in [1.29, 1.82) is 0 Å². The molecule has 0 unspecified atom stereocenters.